The molecule has 2 unspecified atom stereocenters. The second-order valence-electron chi connectivity index (χ2n) is 6.92. The van der Waals surface area contributed by atoms with Crippen molar-refractivity contribution >= 4 is 11.6 Å². The summed E-state index contributed by atoms with van der Waals surface area (Å²) in [5.74, 6) is 0.155. The Morgan fingerprint density at radius 3 is 2.48 bits per heavy atom. The SMILES string of the molecule is CCCCCC(CC/C=C/CCCC(C)OC)C1=CC(=O)C=CC1=O. The zero-order chi connectivity index (χ0) is 18.5. The highest BCUT2D eigenvalue weighted by Gasteiger charge is 2.21. The summed E-state index contributed by atoms with van der Waals surface area (Å²) in [4.78, 5) is 23.8. The molecule has 2 atom stereocenters. The number of allylic oxidation sites excluding steroid dienone is 6. The Balaban J connectivity index is 2.46. The van der Waals surface area contributed by atoms with E-state index in [9.17, 15) is 9.59 Å². The van der Waals surface area contributed by atoms with Gasteiger partial charge in [0.05, 0.1) is 6.10 Å². The van der Waals surface area contributed by atoms with Crippen LogP contribution in [0.2, 0.25) is 0 Å². The Morgan fingerprint density at radius 1 is 1.00 bits per heavy atom. The molecule has 0 aromatic carbocycles. The molecule has 140 valence electrons. The van der Waals surface area contributed by atoms with Crippen molar-refractivity contribution in [2.75, 3.05) is 7.11 Å². The van der Waals surface area contributed by atoms with Gasteiger partial charge < -0.3 is 4.74 Å². The number of unbranched alkanes of at least 4 members (excludes halogenated alkanes) is 3. The van der Waals surface area contributed by atoms with E-state index in [1.165, 1.54) is 25.0 Å². The van der Waals surface area contributed by atoms with E-state index in [1.54, 1.807) is 13.2 Å². The van der Waals surface area contributed by atoms with Gasteiger partial charge in [0.15, 0.2) is 11.6 Å². The lowest BCUT2D eigenvalue weighted by molar-refractivity contribution is -0.115. The zero-order valence-electron chi connectivity index (χ0n) is 16.1. The van der Waals surface area contributed by atoms with Crippen molar-refractivity contribution in [3.05, 3.63) is 36.0 Å². The van der Waals surface area contributed by atoms with Gasteiger partial charge in [0, 0.05) is 12.7 Å². The molecular weight excluding hydrogens is 312 g/mol. The molecule has 0 N–H and O–H groups in total. The van der Waals surface area contributed by atoms with E-state index in [1.807, 2.05) is 0 Å². The van der Waals surface area contributed by atoms with Gasteiger partial charge in [-0.3, -0.25) is 9.59 Å². The van der Waals surface area contributed by atoms with E-state index in [0.717, 1.165) is 44.9 Å². The van der Waals surface area contributed by atoms with Crippen LogP contribution in [0.5, 0.6) is 0 Å². The van der Waals surface area contributed by atoms with E-state index in [-0.39, 0.29) is 17.5 Å². The maximum Gasteiger partial charge on any atom is 0.182 e. The maximum atomic E-state index is 12.1. The van der Waals surface area contributed by atoms with Crippen LogP contribution in [0.4, 0.5) is 0 Å². The summed E-state index contributed by atoms with van der Waals surface area (Å²) >= 11 is 0. The second kappa shape index (κ2) is 12.8. The summed E-state index contributed by atoms with van der Waals surface area (Å²) in [7, 11) is 1.75. The number of rotatable bonds is 13. The van der Waals surface area contributed by atoms with Gasteiger partial charge in [0.2, 0.25) is 0 Å². The van der Waals surface area contributed by atoms with Crippen molar-refractivity contribution in [3.63, 3.8) is 0 Å². The quantitative estimate of drug-likeness (QED) is 0.256. The minimum absolute atomic E-state index is 0.0126. The second-order valence-corrected chi connectivity index (χ2v) is 6.92. The molecule has 0 aromatic rings. The van der Waals surface area contributed by atoms with Crippen LogP contribution in [0.3, 0.4) is 0 Å². The molecule has 0 heterocycles. The molecule has 3 nitrogen and oxygen atoms in total. The first-order valence-electron chi connectivity index (χ1n) is 9.74. The van der Waals surface area contributed by atoms with Crippen LogP contribution in [-0.4, -0.2) is 24.8 Å². The van der Waals surface area contributed by atoms with Gasteiger partial charge in [-0.2, -0.15) is 0 Å². The van der Waals surface area contributed by atoms with E-state index in [4.69, 9.17) is 4.74 Å². The van der Waals surface area contributed by atoms with Gasteiger partial charge in [0.1, 0.15) is 0 Å². The van der Waals surface area contributed by atoms with E-state index in [0.29, 0.717) is 11.7 Å². The third-order valence-electron chi connectivity index (χ3n) is 4.81. The number of carbonyl (C=O) groups is 2. The van der Waals surface area contributed by atoms with Crippen LogP contribution in [0.15, 0.2) is 36.0 Å². The molecular formula is C22H34O3. The van der Waals surface area contributed by atoms with Crippen LogP contribution in [0.25, 0.3) is 0 Å². The molecule has 0 radical (unpaired) electrons. The van der Waals surface area contributed by atoms with E-state index >= 15 is 0 Å². The fourth-order valence-corrected chi connectivity index (χ4v) is 3.12. The van der Waals surface area contributed by atoms with Crippen molar-refractivity contribution in [2.24, 2.45) is 5.92 Å². The molecule has 0 amide bonds. The topological polar surface area (TPSA) is 43.4 Å². The summed E-state index contributed by atoms with van der Waals surface area (Å²) in [6, 6.07) is 0. The predicted octanol–water partition coefficient (Wildman–Crippen LogP) is 5.36. The molecule has 0 aromatic heterocycles. The molecule has 0 saturated carbocycles. The third kappa shape index (κ3) is 8.97. The predicted molar refractivity (Wildman–Crippen MR) is 104 cm³/mol. The van der Waals surface area contributed by atoms with Gasteiger partial charge in [-0.1, -0.05) is 38.3 Å². The first-order chi connectivity index (χ1) is 12.1. The molecule has 0 aliphatic heterocycles. The van der Waals surface area contributed by atoms with Crippen LogP contribution >= 0.6 is 0 Å². The Morgan fingerprint density at radius 2 is 1.76 bits per heavy atom. The molecule has 1 aliphatic carbocycles. The Hall–Kier alpha value is -1.48. The number of methoxy groups -OCH3 is 1. The summed E-state index contributed by atoms with van der Waals surface area (Å²) in [5.41, 5.74) is 0.714. The van der Waals surface area contributed by atoms with Crippen LogP contribution < -0.4 is 0 Å². The fourth-order valence-electron chi connectivity index (χ4n) is 3.12. The van der Waals surface area contributed by atoms with Crippen LogP contribution in [0, 0.1) is 5.92 Å². The van der Waals surface area contributed by atoms with Gasteiger partial charge in [-0.05, 0) is 69.6 Å². The molecule has 25 heavy (non-hydrogen) atoms. The van der Waals surface area contributed by atoms with Crippen molar-refractivity contribution in [1.29, 1.82) is 0 Å². The highest BCUT2D eigenvalue weighted by atomic mass is 16.5. The normalized spacial score (nSPS) is 17.2. The van der Waals surface area contributed by atoms with Crippen molar-refractivity contribution in [2.45, 2.75) is 77.7 Å². The summed E-state index contributed by atoms with van der Waals surface area (Å²) in [6.45, 7) is 4.27. The summed E-state index contributed by atoms with van der Waals surface area (Å²) in [5, 5.41) is 0. The van der Waals surface area contributed by atoms with Crippen molar-refractivity contribution < 1.29 is 14.3 Å². The lowest BCUT2D eigenvalue weighted by Gasteiger charge is -2.19. The minimum atomic E-state index is -0.0575. The fraction of sp³-hybridized carbons (Fsp3) is 0.636. The van der Waals surface area contributed by atoms with Gasteiger partial charge in [0.25, 0.3) is 0 Å². The van der Waals surface area contributed by atoms with E-state index < -0.39 is 0 Å². The number of ketones is 2. The average molecular weight is 347 g/mol. The Bertz CT molecular complexity index is 499. The monoisotopic (exact) mass is 346 g/mol. The number of ether oxygens (including phenoxy) is 1. The average Bonchev–Trinajstić information content (AvgIpc) is 2.61. The van der Waals surface area contributed by atoms with Crippen LogP contribution in [-0.2, 0) is 14.3 Å². The molecule has 3 heteroatoms. The maximum absolute atomic E-state index is 12.1. The molecule has 1 rings (SSSR count). The molecule has 0 fully saturated rings. The van der Waals surface area contributed by atoms with Crippen LogP contribution in [0.1, 0.15) is 71.6 Å². The molecule has 0 saturated heterocycles. The minimum Gasteiger partial charge on any atom is -0.382 e. The number of carbonyl (C=O) groups excluding carboxylic acids is 2. The largest absolute Gasteiger partial charge is 0.382 e. The lowest BCUT2D eigenvalue weighted by atomic mass is 9.84. The van der Waals surface area contributed by atoms with Gasteiger partial charge in [-0.15, -0.1) is 0 Å². The highest BCUT2D eigenvalue weighted by molar-refractivity contribution is 6.17. The molecule has 0 spiro atoms. The number of hydrogen-bond acceptors (Lipinski definition) is 3. The first-order valence-corrected chi connectivity index (χ1v) is 9.74. The van der Waals surface area contributed by atoms with Gasteiger partial charge >= 0.3 is 0 Å². The Kier molecular flexibility index (Phi) is 11.1. The summed E-state index contributed by atoms with van der Waals surface area (Å²) < 4.78 is 5.25. The smallest absolute Gasteiger partial charge is 0.182 e. The highest BCUT2D eigenvalue weighted by Crippen LogP contribution is 2.27. The van der Waals surface area contributed by atoms with E-state index in [2.05, 4.69) is 26.0 Å². The summed E-state index contributed by atoms with van der Waals surface area (Å²) in [6.07, 6.45) is 18.7. The standard InChI is InChI=1S/C22H34O3/c1-4-5-9-13-19(21-17-20(23)15-16-22(21)24)14-11-8-6-7-10-12-18(2)25-3/h6,8,15-19H,4-5,7,9-14H2,1-3H3/b8-6+. The lowest BCUT2D eigenvalue weighted by Crippen LogP contribution is -2.16. The third-order valence-corrected chi connectivity index (χ3v) is 4.81. The molecule has 1 aliphatic rings. The van der Waals surface area contributed by atoms with Crippen molar-refractivity contribution in [3.8, 4) is 0 Å². The van der Waals surface area contributed by atoms with Gasteiger partial charge in [-0.25, -0.2) is 0 Å². The number of hydrogen-bond donors (Lipinski definition) is 0. The first kappa shape index (κ1) is 21.6. The zero-order valence-corrected chi connectivity index (χ0v) is 16.1. The Labute approximate surface area is 153 Å². The molecule has 0 bridgehead atoms. The van der Waals surface area contributed by atoms with Crippen molar-refractivity contribution in [1.82, 2.24) is 0 Å².